The third kappa shape index (κ3) is 2.26. The quantitative estimate of drug-likeness (QED) is 0.399. The van der Waals surface area contributed by atoms with Gasteiger partial charge < -0.3 is 5.32 Å². The van der Waals surface area contributed by atoms with Gasteiger partial charge in [-0.2, -0.15) is 0 Å². The number of carbonyl (C=O) groups is 1. The molecular weight excluding hydrogens is 204 g/mol. The SMILES string of the molecule is NNC(=O)CNc1ccc2ccccc2n1. The minimum absolute atomic E-state index is 0.113. The topological polar surface area (TPSA) is 80.0 Å². The summed E-state index contributed by atoms with van der Waals surface area (Å²) in [6, 6.07) is 11.6. The number of nitrogens with one attached hydrogen (secondary N) is 2. The lowest BCUT2D eigenvalue weighted by Gasteiger charge is -2.05. The van der Waals surface area contributed by atoms with Crippen LogP contribution < -0.4 is 16.6 Å². The monoisotopic (exact) mass is 216 g/mol. The van der Waals surface area contributed by atoms with Gasteiger partial charge in [0.05, 0.1) is 12.1 Å². The number of hydrogen-bond donors (Lipinski definition) is 3. The van der Waals surface area contributed by atoms with E-state index < -0.39 is 0 Å². The second-order valence-electron chi connectivity index (χ2n) is 3.31. The van der Waals surface area contributed by atoms with Gasteiger partial charge in [0, 0.05) is 5.39 Å². The molecule has 1 amide bonds. The highest BCUT2D eigenvalue weighted by Crippen LogP contribution is 2.13. The van der Waals surface area contributed by atoms with Crippen LogP contribution in [0.25, 0.3) is 10.9 Å². The molecule has 0 aliphatic heterocycles. The molecule has 0 aliphatic rings. The molecule has 0 atom stereocenters. The van der Waals surface area contributed by atoms with Crippen molar-refractivity contribution in [3.05, 3.63) is 36.4 Å². The number of hydrazine groups is 1. The zero-order valence-corrected chi connectivity index (χ0v) is 8.60. The van der Waals surface area contributed by atoms with Crippen molar-refractivity contribution < 1.29 is 4.79 Å². The van der Waals surface area contributed by atoms with Gasteiger partial charge in [-0.1, -0.05) is 18.2 Å². The number of nitrogens with two attached hydrogens (primary N) is 1. The zero-order valence-electron chi connectivity index (χ0n) is 8.60. The minimum Gasteiger partial charge on any atom is -0.361 e. The molecule has 0 radical (unpaired) electrons. The fraction of sp³-hybridized carbons (Fsp3) is 0.0909. The van der Waals surface area contributed by atoms with Crippen molar-refractivity contribution in [3.8, 4) is 0 Å². The summed E-state index contributed by atoms with van der Waals surface area (Å²) in [4.78, 5) is 15.3. The van der Waals surface area contributed by atoms with Crippen molar-refractivity contribution in [1.82, 2.24) is 10.4 Å². The van der Waals surface area contributed by atoms with Gasteiger partial charge in [-0.05, 0) is 18.2 Å². The van der Waals surface area contributed by atoms with E-state index in [4.69, 9.17) is 5.84 Å². The van der Waals surface area contributed by atoms with Gasteiger partial charge in [0.1, 0.15) is 5.82 Å². The molecule has 0 saturated carbocycles. The molecule has 2 rings (SSSR count). The van der Waals surface area contributed by atoms with E-state index in [9.17, 15) is 4.79 Å². The van der Waals surface area contributed by atoms with E-state index >= 15 is 0 Å². The molecule has 2 aromatic rings. The van der Waals surface area contributed by atoms with Crippen molar-refractivity contribution in [3.63, 3.8) is 0 Å². The summed E-state index contributed by atoms with van der Waals surface area (Å²) < 4.78 is 0. The van der Waals surface area contributed by atoms with Crippen LogP contribution in [0.2, 0.25) is 0 Å². The number of amides is 1. The Kier molecular flexibility index (Phi) is 2.98. The van der Waals surface area contributed by atoms with Crippen LogP contribution in [0.3, 0.4) is 0 Å². The molecule has 0 aliphatic carbocycles. The van der Waals surface area contributed by atoms with Gasteiger partial charge in [-0.3, -0.25) is 10.2 Å². The maximum Gasteiger partial charge on any atom is 0.253 e. The van der Waals surface area contributed by atoms with Gasteiger partial charge in [-0.25, -0.2) is 10.8 Å². The average molecular weight is 216 g/mol. The Hall–Kier alpha value is -2.14. The van der Waals surface area contributed by atoms with E-state index in [1.807, 2.05) is 41.8 Å². The molecule has 0 saturated heterocycles. The Morgan fingerprint density at radius 2 is 2.06 bits per heavy atom. The van der Waals surface area contributed by atoms with Crippen LogP contribution in [0.4, 0.5) is 5.82 Å². The minimum atomic E-state index is -0.282. The molecule has 0 spiro atoms. The second-order valence-corrected chi connectivity index (χ2v) is 3.31. The highest BCUT2D eigenvalue weighted by molar-refractivity contribution is 5.82. The number of hydrogen-bond acceptors (Lipinski definition) is 4. The first-order valence-electron chi connectivity index (χ1n) is 4.89. The summed E-state index contributed by atoms with van der Waals surface area (Å²) >= 11 is 0. The van der Waals surface area contributed by atoms with Crippen molar-refractivity contribution in [2.45, 2.75) is 0 Å². The van der Waals surface area contributed by atoms with Gasteiger partial charge in [0.2, 0.25) is 0 Å². The number of aromatic nitrogens is 1. The molecule has 4 N–H and O–H groups in total. The molecule has 1 heterocycles. The Morgan fingerprint density at radius 1 is 1.25 bits per heavy atom. The first-order chi connectivity index (χ1) is 7.79. The fourth-order valence-electron chi connectivity index (χ4n) is 1.39. The largest absolute Gasteiger partial charge is 0.361 e. The van der Waals surface area contributed by atoms with E-state index in [0.717, 1.165) is 10.9 Å². The molecular formula is C11H12N4O. The maximum atomic E-state index is 10.9. The number of anilines is 1. The number of fused-ring (bicyclic) bond motifs is 1. The summed E-state index contributed by atoms with van der Waals surface area (Å²) in [5, 5.41) is 3.95. The third-order valence-corrected chi connectivity index (χ3v) is 2.19. The second kappa shape index (κ2) is 4.59. The van der Waals surface area contributed by atoms with Crippen molar-refractivity contribution in [2.75, 3.05) is 11.9 Å². The maximum absolute atomic E-state index is 10.9. The zero-order chi connectivity index (χ0) is 11.4. The predicted molar refractivity (Wildman–Crippen MR) is 62.6 cm³/mol. The van der Waals surface area contributed by atoms with E-state index in [1.54, 1.807) is 0 Å². The van der Waals surface area contributed by atoms with Crippen LogP contribution >= 0.6 is 0 Å². The number of nitrogens with zero attached hydrogens (tertiary/aromatic N) is 1. The van der Waals surface area contributed by atoms with E-state index in [-0.39, 0.29) is 12.5 Å². The molecule has 1 aromatic carbocycles. The van der Waals surface area contributed by atoms with Gasteiger partial charge in [0.25, 0.3) is 5.91 Å². The Morgan fingerprint density at radius 3 is 2.88 bits per heavy atom. The Balaban J connectivity index is 2.16. The molecule has 0 unspecified atom stereocenters. The highest BCUT2D eigenvalue weighted by Gasteiger charge is 2.00. The van der Waals surface area contributed by atoms with Crippen LogP contribution in [0.5, 0.6) is 0 Å². The Labute approximate surface area is 92.6 Å². The molecule has 16 heavy (non-hydrogen) atoms. The van der Waals surface area contributed by atoms with Crippen molar-refractivity contribution in [2.24, 2.45) is 5.84 Å². The summed E-state index contributed by atoms with van der Waals surface area (Å²) in [6.07, 6.45) is 0. The predicted octanol–water partition coefficient (Wildman–Crippen LogP) is 0.637. The van der Waals surface area contributed by atoms with E-state index in [0.29, 0.717) is 5.82 Å². The van der Waals surface area contributed by atoms with Crippen LogP contribution in [0.1, 0.15) is 0 Å². The summed E-state index contributed by atoms with van der Waals surface area (Å²) in [7, 11) is 0. The third-order valence-electron chi connectivity index (χ3n) is 2.19. The normalized spacial score (nSPS) is 10.1. The van der Waals surface area contributed by atoms with Crippen molar-refractivity contribution in [1.29, 1.82) is 0 Å². The number of benzene rings is 1. The van der Waals surface area contributed by atoms with Crippen LogP contribution in [-0.4, -0.2) is 17.4 Å². The van der Waals surface area contributed by atoms with Crippen LogP contribution in [0, 0.1) is 0 Å². The lowest BCUT2D eigenvalue weighted by molar-refractivity contribution is -0.119. The summed E-state index contributed by atoms with van der Waals surface area (Å²) in [6.45, 7) is 0.113. The molecule has 0 fully saturated rings. The van der Waals surface area contributed by atoms with Gasteiger partial charge >= 0.3 is 0 Å². The fourth-order valence-corrected chi connectivity index (χ4v) is 1.39. The number of rotatable bonds is 3. The van der Waals surface area contributed by atoms with Crippen LogP contribution in [-0.2, 0) is 4.79 Å². The number of pyridine rings is 1. The summed E-state index contributed by atoms with van der Waals surface area (Å²) in [5.41, 5.74) is 2.93. The summed E-state index contributed by atoms with van der Waals surface area (Å²) in [5.74, 6) is 5.34. The van der Waals surface area contributed by atoms with Gasteiger partial charge in [0.15, 0.2) is 0 Å². The molecule has 5 heteroatoms. The first-order valence-corrected chi connectivity index (χ1v) is 4.89. The van der Waals surface area contributed by atoms with Gasteiger partial charge in [-0.15, -0.1) is 0 Å². The smallest absolute Gasteiger partial charge is 0.253 e. The lowest BCUT2D eigenvalue weighted by Crippen LogP contribution is -2.35. The van der Waals surface area contributed by atoms with E-state index in [2.05, 4.69) is 10.3 Å². The van der Waals surface area contributed by atoms with E-state index in [1.165, 1.54) is 0 Å². The Bertz CT molecular complexity index is 512. The highest BCUT2D eigenvalue weighted by atomic mass is 16.2. The molecule has 1 aromatic heterocycles. The molecule has 0 bridgehead atoms. The lowest BCUT2D eigenvalue weighted by atomic mass is 10.2. The van der Waals surface area contributed by atoms with Crippen molar-refractivity contribution >= 4 is 22.6 Å². The average Bonchev–Trinajstić information content (AvgIpc) is 2.35. The number of para-hydroxylation sites is 1. The molecule has 5 nitrogen and oxygen atoms in total. The molecule has 82 valence electrons. The number of carbonyl (C=O) groups excluding carboxylic acids is 1. The standard InChI is InChI=1S/C11H12N4O/c12-15-11(16)7-13-10-6-5-8-3-1-2-4-9(8)14-10/h1-6H,7,12H2,(H,13,14)(H,15,16). The first kappa shape index (κ1) is 10.4. The van der Waals surface area contributed by atoms with Crippen LogP contribution in [0.15, 0.2) is 36.4 Å².